The van der Waals surface area contributed by atoms with Gasteiger partial charge in [0.25, 0.3) is 0 Å². The summed E-state index contributed by atoms with van der Waals surface area (Å²) in [4.78, 5) is 26.1. The number of benzene rings is 2. The minimum absolute atomic E-state index is 0.0145. The molecule has 0 aromatic heterocycles. The summed E-state index contributed by atoms with van der Waals surface area (Å²) in [5, 5.41) is 5.61. The van der Waals surface area contributed by atoms with Crippen LogP contribution in [0.4, 0.5) is 0 Å². The first-order valence-corrected chi connectivity index (χ1v) is 9.55. The van der Waals surface area contributed by atoms with Gasteiger partial charge in [0, 0.05) is 33.9 Å². The zero-order chi connectivity index (χ0) is 19.3. The standard InChI is InChI=1S/C24H25NO2/c1-14-20(15(2)26)21(18-11-7-9-16-8-5-6-10-17(16)18)22-19(25-14)12-13-24(3,4)23(22)27/h5-11,21,25H,12-13H2,1-4H3. The molecule has 1 aliphatic heterocycles. The van der Waals surface area contributed by atoms with Gasteiger partial charge in [-0.25, -0.2) is 0 Å². The molecule has 0 fully saturated rings. The second-order valence-corrected chi connectivity index (χ2v) is 8.33. The molecule has 27 heavy (non-hydrogen) atoms. The molecule has 0 bridgehead atoms. The first kappa shape index (κ1) is 17.7. The Labute approximate surface area is 160 Å². The lowest BCUT2D eigenvalue weighted by atomic mass is 9.66. The fourth-order valence-corrected chi connectivity index (χ4v) is 4.56. The van der Waals surface area contributed by atoms with Gasteiger partial charge in [-0.2, -0.15) is 0 Å². The van der Waals surface area contributed by atoms with Crippen LogP contribution in [0.15, 0.2) is 65.0 Å². The lowest BCUT2D eigenvalue weighted by Gasteiger charge is -2.39. The van der Waals surface area contributed by atoms with E-state index in [1.807, 2.05) is 39.0 Å². The number of carbonyl (C=O) groups excluding carboxylic acids is 2. The summed E-state index contributed by atoms with van der Waals surface area (Å²) in [5.74, 6) is -0.141. The number of allylic oxidation sites excluding steroid dienone is 4. The number of fused-ring (bicyclic) bond motifs is 1. The van der Waals surface area contributed by atoms with Crippen LogP contribution in [-0.2, 0) is 9.59 Å². The first-order valence-electron chi connectivity index (χ1n) is 9.55. The van der Waals surface area contributed by atoms with Gasteiger partial charge in [-0.3, -0.25) is 9.59 Å². The van der Waals surface area contributed by atoms with Crippen molar-refractivity contribution in [2.45, 2.75) is 46.5 Å². The van der Waals surface area contributed by atoms with Crippen LogP contribution in [0.5, 0.6) is 0 Å². The van der Waals surface area contributed by atoms with Crippen LogP contribution in [0, 0.1) is 5.41 Å². The number of dihydropyridines is 1. The van der Waals surface area contributed by atoms with Crippen LogP contribution in [0.2, 0.25) is 0 Å². The molecule has 1 unspecified atom stereocenters. The van der Waals surface area contributed by atoms with Crippen LogP contribution in [0.3, 0.4) is 0 Å². The van der Waals surface area contributed by atoms with Crippen LogP contribution >= 0.6 is 0 Å². The number of ketones is 2. The second kappa shape index (κ2) is 6.19. The highest BCUT2D eigenvalue weighted by Gasteiger charge is 2.44. The average Bonchev–Trinajstić information content (AvgIpc) is 2.63. The molecule has 4 rings (SSSR count). The van der Waals surface area contributed by atoms with Gasteiger partial charge in [0.15, 0.2) is 11.6 Å². The Morgan fingerprint density at radius 3 is 2.56 bits per heavy atom. The van der Waals surface area contributed by atoms with E-state index >= 15 is 0 Å². The van der Waals surface area contributed by atoms with Gasteiger partial charge in [-0.05, 0) is 43.0 Å². The van der Waals surface area contributed by atoms with E-state index in [2.05, 4.69) is 29.6 Å². The SMILES string of the molecule is CC(=O)C1=C(C)NC2=C(C(=O)C(C)(C)CC2)C1c1cccc2ccccc12. The molecule has 1 N–H and O–H groups in total. The smallest absolute Gasteiger partial charge is 0.167 e. The van der Waals surface area contributed by atoms with E-state index in [0.717, 1.165) is 46.1 Å². The Balaban J connectivity index is 2.03. The van der Waals surface area contributed by atoms with Gasteiger partial charge in [-0.15, -0.1) is 0 Å². The van der Waals surface area contributed by atoms with Crippen molar-refractivity contribution in [3.63, 3.8) is 0 Å². The molecule has 2 aromatic rings. The van der Waals surface area contributed by atoms with Gasteiger partial charge >= 0.3 is 0 Å². The van der Waals surface area contributed by atoms with Gasteiger partial charge in [0.2, 0.25) is 0 Å². The Hall–Kier alpha value is -2.68. The molecule has 0 saturated heterocycles. The average molecular weight is 359 g/mol. The summed E-state index contributed by atoms with van der Waals surface area (Å²) >= 11 is 0. The van der Waals surface area contributed by atoms with Crippen LogP contribution < -0.4 is 5.32 Å². The van der Waals surface area contributed by atoms with E-state index in [9.17, 15) is 9.59 Å². The van der Waals surface area contributed by atoms with Crippen molar-refractivity contribution in [1.82, 2.24) is 5.32 Å². The third kappa shape index (κ3) is 2.73. The Bertz CT molecular complexity index is 1030. The first-order chi connectivity index (χ1) is 12.8. The Kier molecular flexibility index (Phi) is 4.06. The monoisotopic (exact) mass is 359 g/mol. The molecule has 1 aliphatic carbocycles. The van der Waals surface area contributed by atoms with E-state index in [1.54, 1.807) is 6.92 Å². The molecule has 0 saturated carbocycles. The van der Waals surface area contributed by atoms with E-state index in [0.29, 0.717) is 5.57 Å². The van der Waals surface area contributed by atoms with Crippen molar-refractivity contribution < 1.29 is 9.59 Å². The highest BCUT2D eigenvalue weighted by atomic mass is 16.1. The van der Waals surface area contributed by atoms with Crippen LogP contribution in [0.25, 0.3) is 10.8 Å². The number of hydrogen-bond donors (Lipinski definition) is 1. The fourth-order valence-electron chi connectivity index (χ4n) is 4.56. The van der Waals surface area contributed by atoms with Crippen molar-refractivity contribution in [2.75, 3.05) is 0 Å². The summed E-state index contributed by atoms with van der Waals surface area (Å²) in [7, 11) is 0. The molecule has 1 atom stereocenters. The minimum Gasteiger partial charge on any atom is -0.362 e. The molecule has 2 aromatic carbocycles. The number of carbonyl (C=O) groups is 2. The number of Topliss-reactive ketones (excluding diaryl/α,β-unsaturated/α-hetero) is 2. The summed E-state index contributed by atoms with van der Waals surface area (Å²) in [6, 6.07) is 14.3. The summed E-state index contributed by atoms with van der Waals surface area (Å²) in [5.41, 5.74) is 3.97. The maximum Gasteiger partial charge on any atom is 0.167 e. The highest BCUT2D eigenvalue weighted by Crippen LogP contribution is 2.48. The van der Waals surface area contributed by atoms with E-state index in [1.165, 1.54) is 0 Å². The number of hydrogen-bond acceptors (Lipinski definition) is 3. The molecule has 0 amide bonds. The summed E-state index contributed by atoms with van der Waals surface area (Å²) < 4.78 is 0. The maximum atomic E-state index is 13.4. The van der Waals surface area contributed by atoms with E-state index in [4.69, 9.17) is 0 Å². The second-order valence-electron chi connectivity index (χ2n) is 8.33. The molecular formula is C24H25NO2. The third-order valence-corrected chi connectivity index (χ3v) is 6.02. The molecule has 3 nitrogen and oxygen atoms in total. The van der Waals surface area contributed by atoms with Gasteiger partial charge in [-0.1, -0.05) is 56.3 Å². The van der Waals surface area contributed by atoms with Crippen molar-refractivity contribution in [2.24, 2.45) is 5.41 Å². The molecule has 1 heterocycles. The van der Waals surface area contributed by atoms with Gasteiger partial charge in [0.1, 0.15) is 0 Å². The lowest BCUT2D eigenvalue weighted by Crippen LogP contribution is -2.40. The van der Waals surface area contributed by atoms with Gasteiger partial charge < -0.3 is 5.32 Å². The van der Waals surface area contributed by atoms with Crippen molar-refractivity contribution in [3.8, 4) is 0 Å². The summed E-state index contributed by atoms with van der Waals surface area (Å²) in [6.07, 6.45) is 1.65. The van der Waals surface area contributed by atoms with Crippen LogP contribution in [0.1, 0.15) is 52.0 Å². The molecule has 0 spiro atoms. The van der Waals surface area contributed by atoms with Crippen molar-refractivity contribution in [3.05, 3.63) is 70.6 Å². The quantitative estimate of drug-likeness (QED) is 0.818. The van der Waals surface area contributed by atoms with Crippen LogP contribution in [-0.4, -0.2) is 11.6 Å². The fraction of sp³-hybridized carbons (Fsp3) is 0.333. The van der Waals surface area contributed by atoms with Crippen molar-refractivity contribution in [1.29, 1.82) is 0 Å². The zero-order valence-electron chi connectivity index (χ0n) is 16.3. The van der Waals surface area contributed by atoms with E-state index < -0.39 is 5.41 Å². The molecular weight excluding hydrogens is 334 g/mol. The van der Waals surface area contributed by atoms with Gasteiger partial charge in [0.05, 0.1) is 0 Å². The number of rotatable bonds is 2. The normalized spacial score (nSPS) is 21.9. The highest BCUT2D eigenvalue weighted by molar-refractivity contribution is 6.08. The lowest BCUT2D eigenvalue weighted by molar-refractivity contribution is -0.124. The molecule has 0 radical (unpaired) electrons. The largest absolute Gasteiger partial charge is 0.362 e. The third-order valence-electron chi connectivity index (χ3n) is 6.02. The summed E-state index contributed by atoms with van der Waals surface area (Å²) in [6.45, 7) is 7.57. The van der Waals surface area contributed by atoms with Crippen molar-refractivity contribution >= 4 is 22.3 Å². The predicted octanol–water partition coefficient (Wildman–Crippen LogP) is 5.03. The number of nitrogens with one attached hydrogen (secondary N) is 1. The molecule has 3 heteroatoms. The topological polar surface area (TPSA) is 46.2 Å². The molecule has 138 valence electrons. The minimum atomic E-state index is -0.406. The molecule has 2 aliphatic rings. The maximum absolute atomic E-state index is 13.4. The predicted molar refractivity (Wildman–Crippen MR) is 108 cm³/mol. The Morgan fingerprint density at radius 1 is 1.11 bits per heavy atom. The van der Waals surface area contributed by atoms with E-state index in [-0.39, 0.29) is 17.5 Å². The Morgan fingerprint density at radius 2 is 1.81 bits per heavy atom. The zero-order valence-corrected chi connectivity index (χ0v) is 16.3.